The van der Waals surface area contributed by atoms with Gasteiger partial charge in [0.1, 0.15) is 11.1 Å². The zero-order valence-electron chi connectivity index (χ0n) is 13.7. The fraction of sp³-hybridized carbons (Fsp3) is 0.375. The lowest BCUT2D eigenvalue weighted by Gasteiger charge is -2.28. The predicted molar refractivity (Wildman–Crippen MR) is 90.2 cm³/mol. The number of unbranched alkanes of at least 4 members (excludes halogenated alkanes) is 1. The number of carbonyl (C=O) groups is 2. The number of fused-ring (bicyclic) bond motifs is 1. The van der Waals surface area contributed by atoms with Crippen molar-refractivity contribution in [2.45, 2.75) is 30.2 Å². The lowest BCUT2D eigenvalue weighted by Crippen LogP contribution is -2.45. The SMILES string of the molecule is COC(=O)N(C1=Cc2ccccc2S1(=O)=O)[C@@H](CCCCN)C(=O)O. The van der Waals surface area contributed by atoms with Crippen molar-refractivity contribution >= 4 is 28.0 Å². The molecule has 1 aromatic carbocycles. The second kappa shape index (κ2) is 7.66. The Morgan fingerprint density at radius 3 is 2.52 bits per heavy atom. The van der Waals surface area contributed by atoms with Gasteiger partial charge in [0, 0.05) is 0 Å². The summed E-state index contributed by atoms with van der Waals surface area (Å²) in [5, 5.41) is 9.14. The van der Waals surface area contributed by atoms with E-state index in [1.165, 1.54) is 12.1 Å². The number of carboxylic acid groups (broad SMARTS) is 1. The highest BCUT2D eigenvalue weighted by Crippen LogP contribution is 2.36. The monoisotopic (exact) mass is 368 g/mol. The molecule has 1 atom stereocenters. The minimum atomic E-state index is -4.01. The third-order valence-electron chi connectivity index (χ3n) is 3.90. The first-order valence-corrected chi connectivity index (χ1v) is 9.18. The van der Waals surface area contributed by atoms with Crippen molar-refractivity contribution in [1.29, 1.82) is 0 Å². The Balaban J connectivity index is 2.48. The molecule has 0 saturated carbocycles. The number of amides is 1. The Bertz CT molecular complexity index is 803. The smallest absolute Gasteiger partial charge is 0.415 e. The second-order valence-corrected chi connectivity index (χ2v) is 7.37. The summed E-state index contributed by atoms with van der Waals surface area (Å²) in [6.45, 7) is 0.372. The zero-order valence-corrected chi connectivity index (χ0v) is 14.5. The van der Waals surface area contributed by atoms with Crippen LogP contribution in [-0.4, -0.2) is 50.2 Å². The van der Waals surface area contributed by atoms with E-state index in [2.05, 4.69) is 4.74 Å². The van der Waals surface area contributed by atoms with Crippen LogP contribution in [0.3, 0.4) is 0 Å². The van der Waals surface area contributed by atoms with Gasteiger partial charge in [0.25, 0.3) is 0 Å². The largest absolute Gasteiger partial charge is 0.480 e. The highest BCUT2D eigenvalue weighted by atomic mass is 32.2. The summed E-state index contributed by atoms with van der Waals surface area (Å²) < 4.78 is 30.2. The molecule has 0 fully saturated rings. The minimum Gasteiger partial charge on any atom is -0.480 e. The summed E-state index contributed by atoms with van der Waals surface area (Å²) in [6, 6.07) is 4.85. The molecule has 1 aliphatic heterocycles. The maximum atomic E-state index is 12.8. The highest BCUT2D eigenvalue weighted by Gasteiger charge is 2.42. The van der Waals surface area contributed by atoms with Crippen LogP contribution >= 0.6 is 0 Å². The lowest BCUT2D eigenvalue weighted by molar-refractivity contribution is -0.142. The third-order valence-corrected chi connectivity index (χ3v) is 5.72. The van der Waals surface area contributed by atoms with Crippen LogP contribution in [0.25, 0.3) is 6.08 Å². The van der Waals surface area contributed by atoms with E-state index in [9.17, 15) is 23.1 Å². The number of aliphatic carboxylic acids is 1. The van der Waals surface area contributed by atoms with Crippen molar-refractivity contribution in [1.82, 2.24) is 4.90 Å². The van der Waals surface area contributed by atoms with Crippen molar-refractivity contribution in [3.05, 3.63) is 34.9 Å². The van der Waals surface area contributed by atoms with Crippen LogP contribution in [0.1, 0.15) is 24.8 Å². The van der Waals surface area contributed by atoms with E-state index in [0.717, 1.165) is 7.11 Å². The highest BCUT2D eigenvalue weighted by molar-refractivity contribution is 7.95. The Hall–Kier alpha value is -2.39. The van der Waals surface area contributed by atoms with E-state index in [-0.39, 0.29) is 16.3 Å². The topological polar surface area (TPSA) is 127 Å². The number of hydrogen-bond acceptors (Lipinski definition) is 6. The van der Waals surface area contributed by atoms with E-state index in [1.54, 1.807) is 18.2 Å². The van der Waals surface area contributed by atoms with Crippen molar-refractivity contribution in [2.24, 2.45) is 5.73 Å². The van der Waals surface area contributed by atoms with Crippen LogP contribution < -0.4 is 5.73 Å². The van der Waals surface area contributed by atoms with Crippen LogP contribution in [0.2, 0.25) is 0 Å². The first kappa shape index (κ1) is 18.9. The fourth-order valence-electron chi connectivity index (χ4n) is 2.68. The van der Waals surface area contributed by atoms with E-state index < -0.39 is 27.9 Å². The zero-order chi connectivity index (χ0) is 18.6. The molecule has 3 N–H and O–H groups in total. The maximum Gasteiger partial charge on any atom is 0.415 e. The molecule has 8 nitrogen and oxygen atoms in total. The third kappa shape index (κ3) is 3.67. The van der Waals surface area contributed by atoms with Crippen molar-refractivity contribution in [2.75, 3.05) is 13.7 Å². The molecule has 1 aromatic rings. The summed E-state index contributed by atoms with van der Waals surface area (Å²) in [7, 11) is -2.94. The van der Waals surface area contributed by atoms with Crippen LogP contribution in [0.5, 0.6) is 0 Å². The number of hydrogen-bond donors (Lipinski definition) is 2. The number of carboxylic acids is 1. The van der Waals surface area contributed by atoms with Gasteiger partial charge >= 0.3 is 12.1 Å². The molecule has 1 amide bonds. The predicted octanol–water partition coefficient (Wildman–Crippen LogP) is 1.42. The molecule has 2 rings (SSSR count). The van der Waals surface area contributed by atoms with Gasteiger partial charge in [0.2, 0.25) is 9.84 Å². The van der Waals surface area contributed by atoms with Gasteiger partial charge in [-0.1, -0.05) is 18.2 Å². The molecule has 0 aliphatic carbocycles. The molecule has 25 heavy (non-hydrogen) atoms. The molecule has 136 valence electrons. The van der Waals surface area contributed by atoms with E-state index in [0.29, 0.717) is 29.8 Å². The van der Waals surface area contributed by atoms with E-state index in [1.807, 2.05) is 0 Å². The maximum absolute atomic E-state index is 12.8. The molecule has 0 bridgehead atoms. The number of methoxy groups -OCH3 is 1. The summed E-state index contributed by atoms with van der Waals surface area (Å²) in [5.74, 6) is -1.31. The van der Waals surface area contributed by atoms with Crippen LogP contribution in [0.15, 0.2) is 34.2 Å². The van der Waals surface area contributed by atoms with Crippen LogP contribution in [0, 0.1) is 0 Å². The number of benzene rings is 1. The Morgan fingerprint density at radius 2 is 1.96 bits per heavy atom. The van der Waals surface area contributed by atoms with Crippen molar-refractivity contribution in [3.63, 3.8) is 0 Å². The molecule has 1 heterocycles. The summed E-state index contributed by atoms with van der Waals surface area (Å²) in [4.78, 5) is 24.7. The van der Waals surface area contributed by atoms with Gasteiger partial charge in [-0.25, -0.2) is 18.0 Å². The number of nitrogens with zero attached hydrogens (tertiary/aromatic N) is 1. The number of ether oxygens (including phenoxy) is 1. The van der Waals surface area contributed by atoms with Gasteiger partial charge in [-0.05, 0) is 43.5 Å². The molecule has 9 heteroatoms. The molecular formula is C16H20N2O6S. The molecule has 1 aliphatic rings. The van der Waals surface area contributed by atoms with Crippen LogP contribution in [0.4, 0.5) is 4.79 Å². The Kier molecular flexibility index (Phi) is 5.81. The Morgan fingerprint density at radius 1 is 1.28 bits per heavy atom. The first-order valence-electron chi connectivity index (χ1n) is 7.70. The molecular weight excluding hydrogens is 348 g/mol. The standard InChI is InChI=1S/C16H20N2O6S/c1-24-16(21)18(12(15(19)20)7-4-5-9-17)14-10-11-6-2-3-8-13(11)25(14,22)23/h2-3,6,8,10,12H,4-5,7,9,17H2,1H3,(H,19,20)/t12-/m0/s1. The van der Waals surface area contributed by atoms with Gasteiger partial charge in [-0.3, -0.25) is 4.90 Å². The van der Waals surface area contributed by atoms with Gasteiger partial charge in [0.15, 0.2) is 0 Å². The number of rotatable bonds is 7. The lowest BCUT2D eigenvalue weighted by atomic mass is 10.1. The molecule has 0 unspecified atom stereocenters. The first-order chi connectivity index (χ1) is 11.8. The second-order valence-electron chi connectivity index (χ2n) is 5.50. The fourth-order valence-corrected chi connectivity index (χ4v) is 4.34. The molecule has 0 saturated heterocycles. The van der Waals surface area contributed by atoms with Gasteiger partial charge in [-0.15, -0.1) is 0 Å². The van der Waals surface area contributed by atoms with Crippen LogP contribution in [-0.2, 0) is 19.4 Å². The quantitative estimate of drug-likeness (QED) is 0.697. The summed E-state index contributed by atoms with van der Waals surface area (Å²) in [6.07, 6.45) is 1.31. The summed E-state index contributed by atoms with van der Waals surface area (Å²) >= 11 is 0. The van der Waals surface area contributed by atoms with Crippen molar-refractivity contribution < 1.29 is 27.9 Å². The average molecular weight is 368 g/mol. The number of nitrogens with two attached hydrogens (primary N) is 1. The van der Waals surface area contributed by atoms with Gasteiger partial charge in [0.05, 0.1) is 12.0 Å². The number of carbonyl (C=O) groups excluding carboxylic acids is 1. The average Bonchev–Trinajstić information content (AvgIpc) is 2.85. The Labute approximate surface area is 145 Å². The van der Waals surface area contributed by atoms with E-state index >= 15 is 0 Å². The molecule has 0 aromatic heterocycles. The van der Waals surface area contributed by atoms with Gasteiger partial charge < -0.3 is 15.6 Å². The summed E-state index contributed by atoms with van der Waals surface area (Å²) in [5.41, 5.74) is 5.82. The number of sulfone groups is 1. The normalized spacial score (nSPS) is 15.8. The molecule has 0 spiro atoms. The minimum absolute atomic E-state index is 0.0324. The van der Waals surface area contributed by atoms with Gasteiger partial charge in [-0.2, -0.15) is 0 Å². The molecule has 0 radical (unpaired) electrons. The van der Waals surface area contributed by atoms with Crippen molar-refractivity contribution in [3.8, 4) is 0 Å². The van der Waals surface area contributed by atoms with E-state index in [4.69, 9.17) is 5.73 Å².